The van der Waals surface area contributed by atoms with Gasteiger partial charge in [0.1, 0.15) is 0 Å². The molecule has 2 atom stereocenters. The molecule has 2 unspecified atom stereocenters. The molecule has 0 saturated carbocycles. The van der Waals surface area contributed by atoms with Crippen LogP contribution in [0.5, 0.6) is 0 Å². The average molecular weight is 196 g/mol. The molecule has 1 heterocycles. The molecule has 3 nitrogen and oxygen atoms in total. The lowest BCUT2D eigenvalue weighted by atomic mass is 9.96. The van der Waals surface area contributed by atoms with Gasteiger partial charge in [-0.1, -0.05) is 6.08 Å². The second kappa shape index (κ2) is 5.15. The van der Waals surface area contributed by atoms with E-state index in [9.17, 15) is 4.79 Å². The van der Waals surface area contributed by atoms with Crippen molar-refractivity contribution in [3.63, 3.8) is 0 Å². The summed E-state index contributed by atoms with van der Waals surface area (Å²) in [5, 5.41) is 0. The van der Waals surface area contributed by atoms with Gasteiger partial charge in [0.2, 0.25) is 5.91 Å². The molecule has 1 saturated heterocycles. The molecule has 1 fully saturated rings. The van der Waals surface area contributed by atoms with E-state index >= 15 is 0 Å². The number of hydrogen-bond acceptors (Lipinski definition) is 2. The van der Waals surface area contributed by atoms with E-state index in [0.29, 0.717) is 12.6 Å². The summed E-state index contributed by atoms with van der Waals surface area (Å²) in [5.74, 6) is 0.107. The highest BCUT2D eigenvalue weighted by molar-refractivity contribution is 5.88. The Morgan fingerprint density at radius 1 is 1.57 bits per heavy atom. The van der Waals surface area contributed by atoms with Crippen molar-refractivity contribution in [1.82, 2.24) is 4.90 Å². The standard InChI is InChI=1S/C11H20N2O/c1-3-5-11(14)13-9(2)6-4-7-10(13)8-12/h3,5,9-10H,4,6-8,12H2,1-2H3. The fourth-order valence-corrected chi connectivity index (χ4v) is 2.14. The zero-order valence-electron chi connectivity index (χ0n) is 9.07. The topological polar surface area (TPSA) is 46.3 Å². The van der Waals surface area contributed by atoms with Crippen LogP contribution in [-0.4, -0.2) is 29.4 Å². The van der Waals surface area contributed by atoms with Crippen LogP contribution in [0.3, 0.4) is 0 Å². The lowest BCUT2D eigenvalue weighted by molar-refractivity contribution is -0.132. The van der Waals surface area contributed by atoms with Gasteiger partial charge in [0, 0.05) is 18.6 Å². The van der Waals surface area contributed by atoms with Crippen LogP contribution in [0.2, 0.25) is 0 Å². The molecule has 1 aliphatic rings. The van der Waals surface area contributed by atoms with Crippen LogP contribution in [0.1, 0.15) is 33.1 Å². The third-order valence-electron chi connectivity index (χ3n) is 2.86. The van der Waals surface area contributed by atoms with Crippen LogP contribution >= 0.6 is 0 Å². The van der Waals surface area contributed by atoms with Gasteiger partial charge < -0.3 is 10.6 Å². The monoisotopic (exact) mass is 196 g/mol. The number of nitrogens with two attached hydrogens (primary N) is 1. The summed E-state index contributed by atoms with van der Waals surface area (Å²) in [6.07, 6.45) is 6.74. The first-order chi connectivity index (χ1) is 6.70. The molecule has 3 heteroatoms. The Balaban J connectivity index is 2.72. The van der Waals surface area contributed by atoms with E-state index in [0.717, 1.165) is 12.8 Å². The van der Waals surface area contributed by atoms with E-state index in [1.807, 2.05) is 11.8 Å². The normalized spacial score (nSPS) is 28.4. The van der Waals surface area contributed by atoms with Gasteiger partial charge in [-0.15, -0.1) is 0 Å². The number of hydrogen-bond donors (Lipinski definition) is 1. The molecule has 0 aromatic carbocycles. The first-order valence-corrected chi connectivity index (χ1v) is 5.35. The molecule has 80 valence electrons. The van der Waals surface area contributed by atoms with Crippen LogP contribution < -0.4 is 5.73 Å². The lowest BCUT2D eigenvalue weighted by Crippen LogP contribution is -2.51. The highest BCUT2D eigenvalue weighted by Crippen LogP contribution is 2.22. The third-order valence-corrected chi connectivity index (χ3v) is 2.86. The second-order valence-electron chi connectivity index (χ2n) is 3.91. The highest BCUT2D eigenvalue weighted by Gasteiger charge is 2.29. The van der Waals surface area contributed by atoms with Crippen LogP contribution in [0.4, 0.5) is 0 Å². The van der Waals surface area contributed by atoms with Crippen molar-refractivity contribution in [1.29, 1.82) is 0 Å². The summed E-state index contributed by atoms with van der Waals surface area (Å²) in [6.45, 7) is 4.54. The lowest BCUT2D eigenvalue weighted by Gasteiger charge is -2.39. The van der Waals surface area contributed by atoms with E-state index in [2.05, 4.69) is 6.92 Å². The number of likely N-dealkylation sites (tertiary alicyclic amines) is 1. The van der Waals surface area contributed by atoms with Crippen molar-refractivity contribution < 1.29 is 4.79 Å². The molecule has 0 aromatic rings. The molecule has 1 rings (SSSR count). The summed E-state index contributed by atoms with van der Waals surface area (Å²) in [4.78, 5) is 13.7. The summed E-state index contributed by atoms with van der Waals surface area (Å²) in [7, 11) is 0. The molecule has 2 N–H and O–H groups in total. The molecule has 1 amide bonds. The minimum absolute atomic E-state index is 0.107. The van der Waals surface area contributed by atoms with Crippen molar-refractivity contribution >= 4 is 5.91 Å². The number of carbonyl (C=O) groups excluding carboxylic acids is 1. The van der Waals surface area contributed by atoms with Crippen LogP contribution in [0.15, 0.2) is 12.2 Å². The van der Waals surface area contributed by atoms with Crippen molar-refractivity contribution in [2.45, 2.75) is 45.2 Å². The Morgan fingerprint density at radius 2 is 2.29 bits per heavy atom. The maximum atomic E-state index is 11.8. The quantitative estimate of drug-likeness (QED) is 0.676. The van der Waals surface area contributed by atoms with Crippen molar-refractivity contribution in [2.24, 2.45) is 5.73 Å². The summed E-state index contributed by atoms with van der Waals surface area (Å²) in [5.41, 5.74) is 5.67. The van der Waals surface area contributed by atoms with E-state index in [1.54, 1.807) is 12.2 Å². The number of carbonyl (C=O) groups is 1. The largest absolute Gasteiger partial charge is 0.332 e. The van der Waals surface area contributed by atoms with Gasteiger partial charge in [-0.3, -0.25) is 4.79 Å². The summed E-state index contributed by atoms with van der Waals surface area (Å²) < 4.78 is 0. The van der Waals surface area contributed by atoms with Gasteiger partial charge >= 0.3 is 0 Å². The van der Waals surface area contributed by atoms with Crippen LogP contribution in [0.25, 0.3) is 0 Å². The Hall–Kier alpha value is -0.830. The van der Waals surface area contributed by atoms with Crippen molar-refractivity contribution in [3.05, 3.63) is 12.2 Å². The van der Waals surface area contributed by atoms with Gasteiger partial charge in [0.15, 0.2) is 0 Å². The summed E-state index contributed by atoms with van der Waals surface area (Å²) in [6, 6.07) is 0.573. The molecule has 0 spiro atoms. The van der Waals surface area contributed by atoms with Crippen LogP contribution in [-0.2, 0) is 4.79 Å². The van der Waals surface area contributed by atoms with Gasteiger partial charge in [0.05, 0.1) is 0 Å². The predicted octanol–water partition coefficient (Wildman–Crippen LogP) is 1.29. The molecule has 0 radical (unpaired) electrons. The SMILES string of the molecule is CC=CC(=O)N1C(C)CCCC1CN. The average Bonchev–Trinajstić information content (AvgIpc) is 2.17. The van der Waals surface area contributed by atoms with Crippen molar-refractivity contribution in [2.75, 3.05) is 6.54 Å². The van der Waals surface area contributed by atoms with Gasteiger partial charge in [-0.05, 0) is 39.2 Å². The molecule has 0 bridgehead atoms. The maximum Gasteiger partial charge on any atom is 0.246 e. The fourth-order valence-electron chi connectivity index (χ4n) is 2.14. The van der Waals surface area contributed by atoms with Gasteiger partial charge in [-0.2, -0.15) is 0 Å². The zero-order valence-corrected chi connectivity index (χ0v) is 9.07. The Morgan fingerprint density at radius 3 is 2.86 bits per heavy atom. The minimum Gasteiger partial charge on any atom is -0.332 e. The molecular weight excluding hydrogens is 176 g/mol. The smallest absolute Gasteiger partial charge is 0.246 e. The van der Waals surface area contributed by atoms with Crippen LogP contribution in [0, 0.1) is 0 Å². The highest BCUT2D eigenvalue weighted by atomic mass is 16.2. The zero-order chi connectivity index (χ0) is 10.6. The van der Waals surface area contributed by atoms with E-state index < -0.39 is 0 Å². The molecule has 0 aromatic heterocycles. The van der Waals surface area contributed by atoms with E-state index in [-0.39, 0.29) is 11.9 Å². The Labute approximate surface area is 86.0 Å². The first kappa shape index (κ1) is 11.2. The predicted molar refractivity (Wildman–Crippen MR) is 57.8 cm³/mol. The van der Waals surface area contributed by atoms with Gasteiger partial charge in [0.25, 0.3) is 0 Å². The third kappa shape index (κ3) is 2.35. The number of nitrogens with zero attached hydrogens (tertiary/aromatic N) is 1. The molecule has 14 heavy (non-hydrogen) atoms. The second-order valence-corrected chi connectivity index (χ2v) is 3.91. The maximum absolute atomic E-state index is 11.8. The number of piperidine rings is 1. The number of amides is 1. The molecule has 0 aliphatic carbocycles. The first-order valence-electron chi connectivity index (χ1n) is 5.35. The summed E-state index contributed by atoms with van der Waals surface area (Å²) >= 11 is 0. The van der Waals surface area contributed by atoms with Gasteiger partial charge in [-0.25, -0.2) is 0 Å². The van der Waals surface area contributed by atoms with E-state index in [1.165, 1.54) is 6.42 Å². The Bertz CT molecular complexity index is 225. The minimum atomic E-state index is 0.107. The number of rotatable bonds is 2. The molecular formula is C11H20N2O. The fraction of sp³-hybridized carbons (Fsp3) is 0.727. The Kier molecular flexibility index (Phi) is 4.14. The molecule has 1 aliphatic heterocycles. The van der Waals surface area contributed by atoms with E-state index in [4.69, 9.17) is 5.73 Å². The van der Waals surface area contributed by atoms with Crippen molar-refractivity contribution in [3.8, 4) is 0 Å². The number of allylic oxidation sites excluding steroid dienone is 1.